The second kappa shape index (κ2) is 4.35. The van der Waals surface area contributed by atoms with Gasteiger partial charge < -0.3 is 0 Å². The van der Waals surface area contributed by atoms with Crippen molar-refractivity contribution in [2.45, 2.75) is 13.3 Å². The van der Waals surface area contributed by atoms with E-state index in [1.807, 2.05) is 31.5 Å². The van der Waals surface area contributed by atoms with Crippen molar-refractivity contribution in [3.05, 3.63) is 42.5 Å². The zero-order chi connectivity index (χ0) is 13.5. The number of thiazole rings is 1. The van der Waals surface area contributed by atoms with Gasteiger partial charge in [0.05, 0.1) is 15.8 Å². The Morgan fingerprint density at radius 1 is 1.10 bits per heavy atom. The topological polar surface area (TPSA) is 56.0 Å². The second-order valence-corrected chi connectivity index (χ2v) is 5.46. The molecule has 0 aliphatic rings. The predicted octanol–water partition coefficient (Wildman–Crippen LogP) is 2.96. The van der Waals surface area contributed by atoms with Gasteiger partial charge in [-0.1, -0.05) is 30.4 Å². The average molecular weight is 281 g/mol. The third-order valence-corrected chi connectivity index (χ3v) is 4.23. The first-order valence-electron chi connectivity index (χ1n) is 6.41. The van der Waals surface area contributed by atoms with E-state index in [2.05, 4.69) is 36.7 Å². The molecule has 6 heteroatoms. The molecule has 0 unspecified atom stereocenters. The van der Waals surface area contributed by atoms with Gasteiger partial charge in [-0.05, 0) is 12.1 Å². The molecule has 5 nitrogen and oxygen atoms in total. The van der Waals surface area contributed by atoms with Crippen LogP contribution in [0.2, 0.25) is 0 Å². The van der Waals surface area contributed by atoms with Gasteiger partial charge in [0.15, 0.2) is 5.82 Å². The van der Waals surface area contributed by atoms with Crippen molar-refractivity contribution in [3.8, 4) is 11.4 Å². The standard InChI is InChI=1S/C14H11N5S/c1-2-12-15-7-9(8-16-12)13-17-18-14-19(13)10-5-3-4-6-11(10)20-14/h3-8H,2H2,1H3. The highest BCUT2D eigenvalue weighted by Crippen LogP contribution is 2.29. The van der Waals surface area contributed by atoms with Gasteiger partial charge in [0, 0.05) is 18.8 Å². The smallest absolute Gasteiger partial charge is 0.217 e. The second-order valence-electron chi connectivity index (χ2n) is 4.45. The molecule has 0 aliphatic carbocycles. The molecule has 0 amide bonds. The number of aromatic nitrogens is 5. The Morgan fingerprint density at radius 3 is 2.70 bits per heavy atom. The van der Waals surface area contributed by atoms with Crippen LogP contribution < -0.4 is 0 Å². The number of para-hydroxylation sites is 1. The summed E-state index contributed by atoms with van der Waals surface area (Å²) in [5.74, 6) is 1.63. The normalized spacial score (nSPS) is 11.4. The van der Waals surface area contributed by atoms with Gasteiger partial charge >= 0.3 is 0 Å². The summed E-state index contributed by atoms with van der Waals surface area (Å²) in [7, 11) is 0. The van der Waals surface area contributed by atoms with Crippen molar-refractivity contribution in [1.82, 2.24) is 24.6 Å². The Labute approximate surface area is 119 Å². The van der Waals surface area contributed by atoms with Crippen LogP contribution in [0.3, 0.4) is 0 Å². The maximum absolute atomic E-state index is 4.34. The number of hydrogen-bond acceptors (Lipinski definition) is 5. The summed E-state index contributed by atoms with van der Waals surface area (Å²) in [6, 6.07) is 8.22. The van der Waals surface area contributed by atoms with Gasteiger partial charge in [-0.15, -0.1) is 10.2 Å². The fourth-order valence-electron chi connectivity index (χ4n) is 2.22. The first-order chi connectivity index (χ1) is 9.86. The lowest BCUT2D eigenvalue weighted by atomic mass is 10.3. The van der Waals surface area contributed by atoms with Crippen molar-refractivity contribution in [3.63, 3.8) is 0 Å². The van der Waals surface area contributed by atoms with E-state index >= 15 is 0 Å². The maximum Gasteiger partial charge on any atom is 0.217 e. The minimum atomic E-state index is 0.792. The van der Waals surface area contributed by atoms with Gasteiger partial charge in [0.1, 0.15) is 5.82 Å². The summed E-state index contributed by atoms with van der Waals surface area (Å²) >= 11 is 1.63. The third kappa shape index (κ3) is 1.61. The predicted molar refractivity (Wildman–Crippen MR) is 78.8 cm³/mol. The van der Waals surface area contributed by atoms with E-state index in [0.29, 0.717) is 0 Å². The molecule has 98 valence electrons. The van der Waals surface area contributed by atoms with Crippen LogP contribution in [0.5, 0.6) is 0 Å². The van der Waals surface area contributed by atoms with E-state index in [1.165, 1.54) is 4.70 Å². The molecular weight excluding hydrogens is 270 g/mol. The van der Waals surface area contributed by atoms with Crippen LogP contribution in [0, 0.1) is 0 Å². The van der Waals surface area contributed by atoms with Crippen molar-refractivity contribution in [2.75, 3.05) is 0 Å². The number of aryl methyl sites for hydroxylation is 1. The van der Waals surface area contributed by atoms with Gasteiger partial charge in [-0.25, -0.2) is 9.97 Å². The fourth-order valence-corrected chi connectivity index (χ4v) is 3.18. The lowest BCUT2D eigenvalue weighted by Gasteiger charge is -1.99. The summed E-state index contributed by atoms with van der Waals surface area (Å²) in [5, 5.41) is 8.53. The Bertz CT molecular complexity index is 891. The molecule has 4 aromatic rings. The highest BCUT2D eigenvalue weighted by atomic mass is 32.1. The molecular formula is C14H11N5S. The van der Waals surface area contributed by atoms with Crippen LogP contribution in [-0.2, 0) is 6.42 Å². The average Bonchev–Trinajstić information content (AvgIpc) is 3.06. The van der Waals surface area contributed by atoms with E-state index < -0.39 is 0 Å². The zero-order valence-electron chi connectivity index (χ0n) is 10.8. The Morgan fingerprint density at radius 2 is 1.90 bits per heavy atom. The molecule has 20 heavy (non-hydrogen) atoms. The molecule has 0 saturated heterocycles. The summed E-state index contributed by atoms with van der Waals surface area (Å²) in [6.45, 7) is 2.04. The largest absolute Gasteiger partial charge is 0.265 e. The Hall–Kier alpha value is -2.34. The summed E-state index contributed by atoms with van der Waals surface area (Å²) in [6.07, 6.45) is 4.46. The van der Waals surface area contributed by atoms with Crippen LogP contribution in [0.15, 0.2) is 36.7 Å². The molecule has 0 atom stereocenters. The monoisotopic (exact) mass is 281 g/mol. The van der Waals surface area contributed by atoms with Gasteiger partial charge in [-0.2, -0.15) is 0 Å². The van der Waals surface area contributed by atoms with Crippen LogP contribution in [-0.4, -0.2) is 24.6 Å². The van der Waals surface area contributed by atoms with Crippen LogP contribution >= 0.6 is 11.3 Å². The third-order valence-electron chi connectivity index (χ3n) is 3.22. The highest BCUT2D eigenvalue weighted by Gasteiger charge is 2.14. The van der Waals surface area contributed by atoms with Crippen molar-refractivity contribution >= 4 is 26.5 Å². The van der Waals surface area contributed by atoms with Crippen molar-refractivity contribution < 1.29 is 0 Å². The molecule has 4 rings (SSSR count). The van der Waals surface area contributed by atoms with Gasteiger partial charge in [-0.3, -0.25) is 4.40 Å². The summed E-state index contributed by atoms with van der Waals surface area (Å²) in [5.41, 5.74) is 2.00. The number of nitrogens with zero attached hydrogens (tertiary/aromatic N) is 5. The molecule has 0 fully saturated rings. The quantitative estimate of drug-likeness (QED) is 0.567. The number of rotatable bonds is 2. The minimum absolute atomic E-state index is 0.792. The molecule has 0 radical (unpaired) electrons. The maximum atomic E-state index is 4.34. The Balaban J connectivity index is 1.98. The number of hydrogen-bond donors (Lipinski definition) is 0. The van der Waals surface area contributed by atoms with E-state index in [-0.39, 0.29) is 0 Å². The number of benzene rings is 1. The summed E-state index contributed by atoms with van der Waals surface area (Å²) in [4.78, 5) is 9.56. The lowest BCUT2D eigenvalue weighted by Crippen LogP contribution is -1.94. The minimum Gasteiger partial charge on any atom is -0.265 e. The van der Waals surface area contributed by atoms with E-state index in [1.54, 1.807) is 11.3 Å². The molecule has 3 aromatic heterocycles. The van der Waals surface area contributed by atoms with Crippen molar-refractivity contribution in [1.29, 1.82) is 0 Å². The molecule has 0 saturated carbocycles. The molecule has 0 bridgehead atoms. The zero-order valence-corrected chi connectivity index (χ0v) is 11.6. The first kappa shape index (κ1) is 11.5. The lowest BCUT2D eigenvalue weighted by molar-refractivity contribution is 0.937. The molecule has 0 aliphatic heterocycles. The molecule has 3 heterocycles. The first-order valence-corrected chi connectivity index (χ1v) is 7.22. The number of fused-ring (bicyclic) bond motifs is 3. The molecule has 0 N–H and O–H groups in total. The van der Waals surface area contributed by atoms with Crippen LogP contribution in [0.25, 0.3) is 26.6 Å². The molecule has 0 spiro atoms. The Kier molecular flexibility index (Phi) is 2.50. The molecule has 1 aromatic carbocycles. The van der Waals surface area contributed by atoms with Crippen molar-refractivity contribution in [2.24, 2.45) is 0 Å². The van der Waals surface area contributed by atoms with Crippen LogP contribution in [0.4, 0.5) is 0 Å². The van der Waals surface area contributed by atoms with Gasteiger partial charge in [0.2, 0.25) is 4.96 Å². The fraction of sp³-hybridized carbons (Fsp3) is 0.143. The van der Waals surface area contributed by atoms with Crippen LogP contribution in [0.1, 0.15) is 12.7 Å². The van der Waals surface area contributed by atoms with E-state index in [9.17, 15) is 0 Å². The highest BCUT2D eigenvalue weighted by molar-refractivity contribution is 7.23. The summed E-state index contributed by atoms with van der Waals surface area (Å²) < 4.78 is 3.26. The SMILES string of the molecule is CCc1ncc(-c2nnc3sc4ccccc4n23)cn1. The van der Waals surface area contributed by atoms with E-state index in [0.717, 1.165) is 34.1 Å². The van der Waals surface area contributed by atoms with E-state index in [4.69, 9.17) is 0 Å². The van der Waals surface area contributed by atoms with Gasteiger partial charge in [0.25, 0.3) is 0 Å².